The molecule has 1 atom stereocenters. The average Bonchev–Trinajstić information content (AvgIpc) is 2.48. The van der Waals surface area contributed by atoms with Gasteiger partial charge in [-0.15, -0.1) is 10.2 Å². The number of fused-ring (bicyclic) bond motifs is 1. The van der Waals surface area contributed by atoms with E-state index in [1.54, 1.807) is 0 Å². The van der Waals surface area contributed by atoms with Gasteiger partial charge in [-0.2, -0.15) is 0 Å². The number of para-hydroxylation sites is 1. The van der Waals surface area contributed by atoms with Crippen LogP contribution >= 0.6 is 0 Å². The minimum absolute atomic E-state index is 0.340. The average molecular weight is 258 g/mol. The number of nitrogens with zero attached hydrogens (tertiary/aromatic N) is 3. The maximum absolute atomic E-state index is 5.39. The maximum Gasteiger partial charge on any atom is 0.243 e. The summed E-state index contributed by atoms with van der Waals surface area (Å²) in [6.07, 6.45) is 2.18. The summed E-state index contributed by atoms with van der Waals surface area (Å²) in [6.45, 7) is 3.88. The van der Waals surface area contributed by atoms with Crippen molar-refractivity contribution >= 4 is 17.0 Å². The van der Waals surface area contributed by atoms with E-state index in [4.69, 9.17) is 4.74 Å². The lowest BCUT2D eigenvalue weighted by Gasteiger charge is -2.28. The lowest BCUT2D eigenvalue weighted by molar-refractivity contribution is 0.0621. The second kappa shape index (κ2) is 5.48. The van der Waals surface area contributed by atoms with E-state index >= 15 is 0 Å². The Bertz CT molecular complexity index is 554. The molecule has 5 heteroatoms. The van der Waals surface area contributed by atoms with Crippen LogP contribution in [0.25, 0.3) is 11.0 Å². The minimum Gasteiger partial charge on any atom is -0.381 e. The number of rotatable bonds is 3. The molecule has 1 aliphatic rings. The van der Waals surface area contributed by atoms with Gasteiger partial charge in [0.2, 0.25) is 5.95 Å². The predicted octanol–water partition coefficient (Wildman–Crippen LogP) is 2.25. The SMILES string of the molecule is CC(Nc1nnc2ccccc2n1)C1CCOCC1. The van der Waals surface area contributed by atoms with Crippen LogP contribution in [0, 0.1) is 5.92 Å². The molecule has 3 rings (SSSR count). The molecule has 5 nitrogen and oxygen atoms in total. The summed E-state index contributed by atoms with van der Waals surface area (Å²) in [5, 5.41) is 11.7. The molecule has 0 aliphatic carbocycles. The van der Waals surface area contributed by atoms with E-state index in [0.29, 0.717) is 17.9 Å². The van der Waals surface area contributed by atoms with Gasteiger partial charge in [0.15, 0.2) is 0 Å². The predicted molar refractivity (Wildman–Crippen MR) is 74.0 cm³/mol. The van der Waals surface area contributed by atoms with Gasteiger partial charge in [0.1, 0.15) is 5.52 Å². The summed E-state index contributed by atoms with van der Waals surface area (Å²) in [7, 11) is 0. The fourth-order valence-electron chi connectivity index (χ4n) is 2.48. The Morgan fingerprint density at radius 3 is 2.68 bits per heavy atom. The Balaban J connectivity index is 1.73. The van der Waals surface area contributed by atoms with Crippen molar-refractivity contribution in [2.24, 2.45) is 5.92 Å². The molecule has 2 heterocycles. The number of hydrogen-bond donors (Lipinski definition) is 1. The molecule has 2 aromatic rings. The molecule has 1 aromatic carbocycles. The second-order valence-electron chi connectivity index (χ2n) is 5.01. The molecule has 1 fully saturated rings. The van der Waals surface area contributed by atoms with Gasteiger partial charge in [0.05, 0.1) is 5.52 Å². The van der Waals surface area contributed by atoms with Gasteiger partial charge < -0.3 is 10.1 Å². The lowest BCUT2D eigenvalue weighted by Crippen LogP contribution is -2.31. The molecule has 1 unspecified atom stereocenters. The van der Waals surface area contributed by atoms with Crippen molar-refractivity contribution < 1.29 is 4.74 Å². The highest BCUT2D eigenvalue weighted by Gasteiger charge is 2.21. The molecular formula is C14H18N4O. The first-order valence-corrected chi connectivity index (χ1v) is 6.76. The van der Waals surface area contributed by atoms with Crippen molar-refractivity contribution in [3.05, 3.63) is 24.3 Å². The third-order valence-electron chi connectivity index (χ3n) is 3.69. The van der Waals surface area contributed by atoms with Gasteiger partial charge in [0.25, 0.3) is 0 Å². The molecule has 1 saturated heterocycles. The normalized spacial score (nSPS) is 18.4. The Morgan fingerprint density at radius 1 is 1.16 bits per heavy atom. The van der Waals surface area contributed by atoms with Crippen LogP contribution in [0.4, 0.5) is 5.95 Å². The Hall–Kier alpha value is -1.75. The Morgan fingerprint density at radius 2 is 1.89 bits per heavy atom. The zero-order valence-electron chi connectivity index (χ0n) is 11.0. The summed E-state index contributed by atoms with van der Waals surface area (Å²) in [6, 6.07) is 8.11. The molecule has 0 spiro atoms. The van der Waals surface area contributed by atoms with E-state index in [2.05, 4.69) is 27.4 Å². The topological polar surface area (TPSA) is 59.9 Å². The number of anilines is 1. The van der Waals surface area contributed by atoms with Crippen molar-refractivity contribution in [3.63, 3.8) is 0 Å². The van der Waals surface area contributed by atoms with Gasteiger partial charge in [0, 0.05) is 19.3 Å². The quantitative estimate of drug-likeness (QED) is 0.915. The molecule has 100 valence electrons. The molecule has 19 heavy (non-hydrogen) atoms. The number of aromatic nitrogens is 3. The van der Waals surface area contributed by atoms with Crippen LogP contribution < -0.4 is 5.32 Å². The van der Waals surface area contributed by atoms with Crippen LogP contribution in [-0.2, 0) is 4.74 Å². The molecule has 1 aliphatic heterocycles. The lowest BCUT2D eigenvalue weighted by atomic mass is 9.93. The molecule has 0 bridgehead atoms. The van der Waals surface area contributed by atoms with Crippen molar-refractivity contribution in [1.29, 1.82) is 0 Å². The number of hydrogen-bond acceptors (Lipinski definition) is 5. The zero-order chi connectivity index (χ0) is 13.1. The molecule has 0 saturated carbocycles. The van der Waals surface area contributed by atoms with E-state index in [-0.39, 0.29) is 0 Å². The second-order valence-corrected chi connectivity index (χ2v) is 5.01. The Labute approximate surface area is 112 Å². The van der Waals surface area contributed by atoms with E-state index in [0.717, 1.165) is 37.1 Å². The van der Waals surface area contributed by atoms with E-state index < -0.39 is 0 Å². The summed E-state index contributed by atoms with van der Waals surface area (Å²) >= 11 is 0. The summed E-state index contributed by atoms with van der Waals surface area (Å²) in [4.78, 5) is 4.49. The van der Waals surface area contributed by atoms with Gasteiger partial charge in [-0.3, -0.25) is 0 Å². The molecule has 1 aromatic heterocycles. The van der Waals surface area contributed by atoms with Crippen LogP contribution in [0.2, 0.25) is 0 Å². The summed E-state index contributed by atoms with van der Waals surface area (Å²) in [5.74, 6) is 1.22. The molecule has 1 N–H and O–H groups in total. The van der Waals surface area contributed by atoms with E-state index in [1.807, 2.05) is 24.3 Å². The van der Waals surface area contributed by atoms with E-state index in [9.17, 15) is 0 Å². The van der Waals surface area contributed by atoms with Crippen molar-refractivity contribution in [2.45, 2.75) is 25.8 Å². The third-order valence-corrected chi connectivity index (χ3v) is 3.69. The Kier molecular flexibility index (Phi) is 3.55. The van der Waals surface area contributed by atoms with Crippen LogP contribution in [-0.4, -0.2) is 34.4 Å². The standard InChI is InChI=1S/C14H18N4O/c1-10(11-6-8-19-9-7-11)15-14-16-12-4-2-3-5-13(12)17-18-14/h2-5,10-11H,6-9H2,1H3,(H,15,16,18). The van der Waals surface area contributed by atoms with Gasteiger partial charge in [-0.05, 0) is 37.8 Å². The van der Waals surface area contributed by atoms with Crippen molar-refractivity contribution in [3.8, 4) is 0 Å². The highest BCUT2D eigenvalue weighted by atomic mass is 16.5. The smallest absolute Gasteiger partial charge is 0.243 e. The number of nitrogens with one attached hydrogen (secondary N) is 1. The first kappa shape index (κ1) is 12.3. The minimum atomic E-state index is 0.340. The fraction of sp³-hybridized carbons (Fsp3) is 0.500. The highest BCUT2D eigenvalue weighted by molar-refractivity contribution is 5.74. The number of ether oxygens (including phenoxy) is 1. The largest absolute Gasteiger partial charge is 0.381 e. The summed E-state index contributed by atoms with van der Waals surface area (Å²) < 4.78 is 5.39. The van der Waals surface area contributed by atoms with Crippen molar-refractivity contribution in [1.82, 2.24) is 15.2 Å². The van der Waals surface area contributed by atoms with Crippen LogP contribution in [0.3, 0.4) is 0 Å². The van der Waals surface area contributed by atoms with Crippen LogP contribution in [0.5, 0.6) is 0 Å². The molecule has 0 amide bonds. The van der Waals surface area contributed by atoms with Gasteiger partial charge in [-0.1, -0.05) is 12.1 Å². The van der Waals surface area contributed by atoms with Gasteiger partial charge in [-0.25, -0.2) is 4.98 Å². The first-order chi connectivity index (χ1) is 9.33. The highest BCUT2D eigenvalue weighted by Crippen LogP contribution is 2.20. The monoisotopic (exact) mass is 258 g/mol. The molecule has 0 radical (unpaired) electrons. The maximum atomic E-state index is 5.39. The first-order valence-electron chi connectivity index (χ1n) is 6.76. The van der Waals surface area contributed by atoms with Crippen molar-refractivity contribution in [2.75, 3.05) is 18.5 Å². The van der Waals surface area contributed by atoms with Gasteiger partial charge >= 0.3 is 0 Å². The van der Waals surface area contributed by atoms with Crippen LogP contribution in [0.1, 0.15) is 19.8 Å². The fourth-order valence-corrected chi connectivity index (χ4v) is 2.48. The van der Waals surface area contributed by atoms with E-state index in [1.165, 1.54) is 0 Å². The molecular weight excluding hydrogens is 240 g/mol. The third kappa shape index (κ3) is 2.81. The number of benzene rings is 1. The summed E-state index contributed by atoms with van der Waals surface area (Å²) in [5.41, 5.74) is 1.70. The zero-order valence-corrected chi connectivity index (χ0v) is 11.0. The van der Waals surface area contributed by atoms with Crippen LogP contribution in [0.15, 0.2) is 24.3 Å².